The highest BCUT2D eigenvalue weighted by molar-refractivity contribution is 7.94. The lowest BCUT2D eigenvalue weighted by atomic mass is 10.3. The van der Waals surface area contributed by atoms with E-state index >= 15 is 0 Å². The summed E-state index contributed by atoms with van der Waals surface area (Å²) in [4.78, 5) is 11.6. The van der Waals surface area contributed by atoms with Gasteiger partial charge in [-0.15, -0.1) is 11.3 Å². The molecule has 1 aromatic carbocycles. The van der Waals surface area contributed by atoms with Gasteiger partial charge in [-0.2, -0.15) is 0 Å². The number of carbonyl (C=O) groups excluding carboxylic acids is 1. The van der Waals surface area contributed by atoms with Crippen molar-refractivity contribution in [2.45, 2.75) is 4.21 Å². The van der Waals surface area contributed by atoms with Crippen LogP contribution in [0.3, 0.4) is 0 Å². The molecule has 0 aliphatic heterocycles. The minimum absolute atomic E-state index is 0.104. The summed E-state index contributed by atoms with van der Waals surface area (Å²) in [7, 11) is -2.73. The van der Waals surface area contributed by atoms with Crippen LogP contribution in [0.4, 0.5) is 5.69 Å². The van der Waals surface area contributed by atoms with Crippen LogP contribution in [0.5, 0.6) is 0 Å². The van der Waals surface area contributed by atoms with Crippen LogP contribution < -0.4 is 4.31 Å². The summed E-state index contributed by atoms with van der Waals surface area (Å²) in [5.74, 6) is -0.698. The Morgan fingerprint density at radius 2 is 1.91 bits per heavy atom. The van der Waals surface area contributed by atoms with Crippen LogP contribution in [0.25, 0.3) is 0 Å². The van der Waals surface area contributed by atoms with Crippen molar-refractivity contribution in [3.8, 4) is 0 Å². The number of ether oxygens (including phenoxy) is 1. The first-order valence-electron chi connectivity index (χ1n) is 5.94. The number of methoxy groups -OCH3 is 1. The van der Waals surface area contributed by atoms with Gasteiger partial charge in [0, 0.05) is 10.0 Å². The fourth-order valence-electron chi connectivity index (χ4n) is 1.70. The van der Waals surface area contributed by atoms with Crippen molar-refractivity contribution in [2.75, 3.05) is 18.0 Å². The third kappa shape index (κ3) is 3.73. The minimum Gasteiger partial charge on any atom is -0.468 e. The highest BCUT2D eigenvalue weighted by Crippen LogP contribution is 2.30. The van der Waals surface area contributed by atoms with Gasteiger partial charge in [0.05, 0.1) is 12.8 Å². The molecule has 0 spiro atoms. The first-order chi connectivity index (χ1) is 10.3. The Morgan fingerprint density at radius 1 is 1.27 bits per heavy atom. The van der Waals surface area contributed by atoms with Crippen molar-refractivity contribution >= 4 is 56.2 Å². The van der Waals surface area contributed by atoms with Crippen LogP contribution in [-0.2, 0) is 19.6 Å². The van der Waals surface area contributed by atoms with Gasteiger partial charge in [0.25, 0.3) is 10.0 Å². The number of thiophene rings is 1. The van der Waals surface area contributed by atoms with Gasteiger partial charge in [-0.25, -0.2) is 8.42 Å². The Labute approximate surface area is 142 Å². The predicted octanol–water partition coefficient (Wildman–Crippen LogP) is 3.42. The number of nitrogens with zero attached hydrogens (tertiary/aromatic N) is 1. The van der Waals surface area contributed by atoms with E-state index in [1.165, 1.54) is 31.4 Å². The Morgan fingerprint density at radius 3 is 2.41 bits per heavy atom. The molecule has 1 heterocycles. The highest BCUT2D eigenvalue weighted by atomic mass is 35.5. The van der Waals surface area contributed by atoms with E-state index in [2.05, 4.69) is 4.74 Å². The molecule has 9 heteroatoms. The molecule has 5 nitrogen and oxygen atoms in total. The van der Waals surface area contributed by atoms with E-state index in [-0.39, 0.29) is 19.9 Å². The number of carbonyl (C=O) groups is 1. The fourth-order valence-corrected chi connectivity index (χ4v) is 4.71. The van der Waals surface area contributed by atoms with Gasteiger partial charge < -0.3 is 4.74 Å². The standard InChI is InChI=1S/C13H11Cl2NO4S2/c1-20-12(17)8-16(11-6-9(14)5-10(15)7-11)22(18,19)13-3-2-4-21-13/h2-7H,8H2,1H3. The molecule has 0 atom stereocenters. The topological polar surface area (TPSA) is 63.7 Å². The van der Waals surface area contributed by atoms with E-state index in [0.717, 1.165) is 15.6 Å². The molecule has 2 aromatic rings. The number of anilines is 1. The monoisotopic (exact) mass is 379 g/mol. The van der Waals surface area contributed by atoms with Gasteiger partial charge in [0.15, 0.2) is 0 Å². The highest BCUT2D eigenvalue weighted by Gasteiger charge is 2.28. The minimum atomic E-state index is -3.92. The van der Waals surface area contributed by atoms with Crippen molar-refractivity contribution in [1.29, 1.82) is 0 Å². The summed E-state index contributed by atoms with van der Waals surface area (Å²) in [5.41, 5.74) is 0.191. The second kappa shape index (κ2) is 6.87. The molecule has 0 unspecified atom stereocenters. The number of hydrogen-bond donors (Lipinski definition) is 0. The SMILES string of the molecule is COC(=O)CN(c1cc(Cl)cc(Cl)c1)S(=O)(=O)c1cccs1. The zero-order valence-corrected chi connectivity index (χ0v) is 14.5. The lowest BCUT2D eigenvalue weighted by Gasteiger charge is -2.23. The lowest BCUT2D eigenvalue weighted by Crippen LogP contribution is -2.36. The predicted molar refractivity (Wildman–Crippen MR) is 87.3 cm³/mol. The van der Waals surface area contributed by atoms with Crippen LogP contribution in [0.2, 0.25) is 10.0 Å². The van der Waals surface area contributed by atoms with E-state index in [1.54, 1.807) is 11.4 Å². The number of benzene rings is 1. The third-order valence-corrected chi connectivity index (χ3v) is 6.26. The molecule has 22 heavy (non-hydrogen) atoms. The fraction of sp³-hybridized carbons (Fsp3) is 0.154. The summed E-state index contributed by atoms with van der Waals surface area (Å²) in [6.45, 7) is -0.479. The first-order valence-corrected chi connectivity index (χ1v) is 9.01. The Kier molecular flexibility index (Phi) is 5.33. The zero-order chi connectivity index (χ0) is 16.3. The van der Waals surface area contributed by atoms with Gasteiger partial charge in [-0.3, -0.25) is 9.10 Å². The van der Waals surface area contributed by atoms with Gasteiger partial charge >= 0.3 is 5.97 Å². The van der Waals surface area contributed by atoms with Crippen molar-refractivity contribution in [3.63, 3.8) is 0 Å². The molecule has 118 valence electrons. The summed E-state index contributed by atoms with van der Waals surface area (Å²) in [5, 5.41) is 2.16. The van der Waals surface area contributed by atoms with E-state index in [4.69, 9.17) is 23.2 Å². The Balaban J connectivity index is 2.54. The van der Waals surface area contributed by atoms with Crippen LogP contribution in [-0.4, -0.2) is 28.0 Å². The number of sulfonamides is 1. The second-order valence-corrected chi connectivity index (χ2v) is 8.06. The molecule has 2 rings (SSSR count). The molecule has 0 aliphatic carbocycles. The van der Waals surface area contributed by atoms with Gasteiger partial charge in [0.2, 0.25) is 0 Å². The number of rotatable bonds is 5. The number of esters is 1. The number of hydrogen-bond acceptors (Lipinski definition) is 5. The molecule has 0 saturated heterocycles. The van der Waals surface area contributed by atoms with Crippen LogP contribution in [0.1, 0.15) is 0 Å². The average Bonchev–Trinajstić information content (AvgIpc) is 2.97. The van der Waals surface area contributed by atoms with Crippen molar-refractivity contribution < 1.29 is 17.9 Å². The van der Waals surface area contributed by atoms with Crippen molar-refractivity contribution in [3.05, 3.63) is 45.8 Å². The van der Waals surface area contributed by atoms with E-state index in [0.29, 0.717) is 0 Å². The van der Waals surface area contributed by atoms with Crippen molar-refractivity contribution in [1.82, 2.24) is 0 Å². The van der Waals surface area contributed by atoms with Crippen molar-refractivity contribution in [2.24, 2.45) is 0 Å². The molecule has 0 radical (unpaired) electrons. The summed E-state index contributed by atoms with van der Waals surface area (Å²) >= 11 is 12.9. The lowest BCUT2D eigenvalue weighted by molar-refractivity contribution is -0.138. The van der Waals surface area contributed by atoms with Crippen LogP contribution in [0, 0.1) is 0 Å². The maximum atomic E-state index is 12.7. The molecule has 0 amide bonds. The maximum absolute atomic E-state index is 12.7. The van der Waals surface area contributed by atoms with Crippen LogP contribution in [0.15, 0.2) is 39.9 Å². The zero-order valence-electron chi connectivity index (χ0n) is 11.3. The number of halogens is 2. The maximum Gasteiger partial charge on any atom is 0.326 e. The second-order valence-electron chi connectivity index (χ2n) is 4.15. The van der Waals surface area contributed by atoms with E-state index in [1.807, 2.05) is 0 Å². The molecule has 0 aliphatic rings. The smallest absolute Gasteiger partial charge is 0.326 e. The van der Waals surface area contributed by atoms with Crippen LogP contribution >= 0.6 is 34.5 Å². The third-order valence-electron chi connectivity index (χ3n) is 2.68. The van der Waals surface area contributed by atoms with Gasteiger partial charge in [-0.05, 0) is 29.6 Å². The quantitative estimate of drug-likeness (QED) is 0.746. The molecule has 0 fully saturated rings. The summed E-state index contributed by atoms with van der Waals surface area (Å²) < 4.78 is 31.0. The molecule has 0 bridgehead atoms. The van der Waals surface area contributed by atoms with Gasteiger partial charge in [0.1, 0.15) is 10.8 Å². The summed E-state index contributed by atoms with van der Waals surface area (Å²) in [6, 6.07) is 7.37. The molecule has 0 N–H and O–H groups in total. The Hall–Kier alpha value is -1.28. The molecule has 0 saturated carbocycles. The van der Waals surface area contributed by atoms with E-state index in [9.17, 15) is 13.2 Å². The summed E-state index contributed by atoms with van der Waals surface area (Å²) in [6.07, 6.45) is 0. The van der Waals surface area contributed by atoms with E-state index < -0.39 is 22.5 Å². The first kappa shape index (κ1) is 17.1. The van der Waals surface area contributed by atoms with Gasteiger partial charge in [-0.1, -0.05) is 29.3 Å². The molecular weight excluding hydrogens is 369 g/mol. The Bertz CT molecular complexity index is 755. The largest absolute Gasteiger partial charge is 0.468 e. The normalized spacial score (nSPS) is 11.2. The molecule has 1 aromatic heterocycles. The average molecular weight is 380 g/mol. The molecular formula is C13H11Cl2NO4S2.